The molecule has 1 heterocycles. The lowest BCUT2D eigenvalue weighted by Crippen LogP contribution is -1.98. The minimum absolute atomic E-state index is 0.282. The Morgan fingerprint density at radius 2 is 1.94 bits per heavy atom. The predicted octanol–water partition coefficient (Wildman–Crippen LogP) is 2.82. The Morgan fingerprint density at radius 1 is 1.24 bits per heavy atom. The quantitative estimate of drug-likeness (QED) is 0.851. The van der Waals surface area contributed by atoms with Crippen LogP contribution in [0, 0.1) is 5.82 Å². The van der Waals surface area contributed by atoms with E-state index in [1.165, 1.54) is 24.8 Å². The number of aliphatic hydroxyl groups excluding tert-OH is 1. The molecule has 5 heteroatoms. The Kier molecular flexibility index (Phi) is 3.71. The fourth-order valence-corrected chi connectivity index (χ4v) is 2.40. The largest absolute Gasteiger partial charge is 0.389 e. The molecule has 1 unspecified atom stereocenters. The summed E-state index contributed by atoms with van der Waals surface area (Å²) >= 11 is 1.23. The molecule has 0 spiro atoms. The van der Waals surface area contributed by atoms with Crippen molar-refractivity contribution in [1.29, 1.82) is 0 Å². The molecule has 88 valence electrons. The number of benzene rings is 1. The first-order chi connectivity index (χ1) is 8.18. The number of halogens is 1. The Balaban J connectivity index is 2.36. The van der Waals surface area contributed by atoms with Crippen LogP contribution in [0.5, 0.6) is 0 Å². The van der Waals surface area contributed by atoms with Gasteiger partial charge in [-0.15, -0.1) is 0 Å². The molecule has 0 aliphatic carbocycles. The minimum atomic E-state index is -0.859. The maximum Gasteiger partial charge on any atom is 0.192 e. The summed E-state index contributed by atoms with van der Waals surface area (Å²) in [4.78, 5) is 8.73. The molecule has 2 rings (SSSR count). The van der Waals surface area contributed by atoms with Crippen molar-refractivity contribution in [2.75, 3.05) is 0 Å². The fourth-order valence-electron chi connectivity index (χ4n) is 1.45. The van der Waals surface area contributed by atoms with Crippen LogP contribution < -0.4 is 0 Å². The van der Waals surface area contributed by atoms with E-state index >= 15 is 0 Å². The van der Waals surface area contributed by atoms with Gasteiger partial charge in [-0.1, -0.05) is 6.07 Å². The molecule has 2 aromatic rings. The van der Waals surface area contributed by atoms with E-state index in [-0.39, 0.29) is 5.56 Å². The van der Waals surface area contributed by atoms with Gasteiger partial charge in [0.1, 0.15) is 5.82 Å². The Morgan fingerprint density at radius 3 is 2.59 bits per heavy atom. The van der Waals surface area contributed by atoms with Crippen molar-refractivity contribution >= 4 is 11.8 Å². The normalized spacial score (nSPS) is 12.4. The van der Waals surface area contributed by atoms with E-state index in [1.807, 2.05) is 0 Å². The number of hydrogen-bond donors (Lipinski definition) is 1. The van der Waals surface area contributed by atoms with Crippen LogP contribution in [0.3, 0.4) is 0 Å². The van der Waals surface area contributed by atoms with Crippen LogP contribution in [0.15, 0.2) is 46.7 Å². The molecule has 0 saturated heterocycles. The SMILES string of the molecule is CC(O)c1c(F)cccc1Sc1ncccn1. The number of aromatic nitrogens is 2. The van der Waals surface area contributed by atoms with Crippen LogP contribution in [0.2, 0.25) is 0 Å². The molecule has 0 saturated carbocycles. The highest BCUT2D eigenvalue weighted by atomic mass is 32.2. The molecule has 1 aromatic heterocycles. The molecule has 0 fully saturated rings. The maximum atomic E-state index is 13.6. The summed E-state index contributed by atoms with van der Waals surface area (Å²) in [6, 6.07) is 6.39. The van der Waals surface area contributed by atoms with E-state index in [9.17, 15) is 9.50 Å². The van der Waals surface area contributed by atoms with E-state index in [4.69, 9.17) is 0 Å². The molecule has 1 N–H and O–H groups in total. The maximum absolute atomic E-state index is 13.6. The summed E-state index contributed by atoms with van der Waals surface area (Å²) < 4.78 is 13.6. The van der Waals surface area contributed by atoms with Crippen LogP contribution in [0.4, 0.5) is 4.39 Å². The van der Waals surface area contributed by atoms with Gasteiger partial charge in [0.25, 0.3) is 0 Å². The van der Waals surface area contributed by atoms with Gasteiger partial charge in [0.15, 0.2) is 5.16 Å². The van der Waals surface area contributed by atoms with E-state index in [1.54, 1.807) is 30.6 Å². The summed E-state index contributed by atoms with van der Waals surface area (Å²) in [5.41, 5.74) is 0.282. The first-order valence-electron chi connectivity index (χ1n) is 5.10. The molecule has 3 nitrogen and oxygen atoms in total. The number of nitrogens with zero attached hydrogens (tertiary/aromatic N) is 2. The highest BCUT2D eigenvalue weighted by Crippen LogP contribution is 2.32. The molecule has 0 radical (unpaired) electrons. The van der Waals surface area contributed by atoms with Gasteiger partial charge in [-0.2, -0.15) is 0 Å². The summed E-state index contributed by atoms with van der Waals surface area (Å²) in [5.74, 6) is -0.416. The Hall–Kier alpha value is -1.46. The van der Waals surface area contributed by atoms with Gasteiger partial charge in [0.2, 0.25) is 0 Å². The lowest BCUT2D eigenvalue weighted by Gasteiger charge is -2.11. The van der Waals surface area contributed by atoms with E-state index in [0.717, 1.165) is 0 Å². The number of hydrogen-bond acceptors (Lipinski definition) is 4. The van der Waals surface area contributed by atoms with Gasteiger partial charge in [-0.25, -0.2) is 14.4 Å². The zero-order valence-electron chi connectivity index (χ0n) is 9.17. The van der Waals surface area contributed by atoms with Gasteiger partial charge in [0, 0.05) is 22.9 Å². The van der Waals surface area contributed by atoms with Crippen LogP contribution in [-0.4, -0.2) is 15.1 Å². The van der Waals surface area contributed by atoms with Crippen molar-refractivity contribution in [2.45, 2.75) is 23.1 Å². The lowest BCUT2D eigenvalue weighted by molar-refractivity contribution is 0.191. The van der Waals surface area contributed by atoms with Crippen molar-refractivity contribution in [3.63, 3.8) is 0 Å². The number of aliphatic hydroxyl groups is 1. The molecule has 17 heavy (non-hydrogen) atoms. The molecule has 0 aliphatic heterocycles. The monoisotopic (exact) mass is 250 g/mol. The zero-order valence-corrected chi connectivity index (χ0v) is 9.99. The van der Waals surface area contributed by atoms with Crippen molar-refractivity contribution < 1.29 is 9.50 Å². The lowest BCUT2D eigenvalue weighted by atomic mass is 10.1. The van der Waals surface area contributed by atoms with E-state index in [2.05, 4.69) is 9.97 Å². The van der Waals surface area contributed by atoms with Gasteiger partial charge >= 0.3 is 0 Å². The summed E-state index contributed by atoms with van der Waals surface area (Å²) in [7, 11) is 0. The van der Waals surface area contributed by atoms with Crippen LogP contribution in [0.25, 0.3) is 0 Å². The van der Waals surface area contributed by atoms with Crippen molar-refractivity contribution in [3.8, 4) is 0 Å². The Bertz CT molecular complexity index is 505. The first-order valence-corrected chi connectivity index (χ1v) is 5.91. The van der Waals surface area contributed by atoms with Crippen molar-refractivity contribution in [1.82, 2.24) is 9.97 Å². The molecule has 1 atom stereocenters. The van der Waals surface area contributed by atoms with Gasteiger partial charge < -0.3 is 5.11 Å². The fraction of sp³-hybridized carbons (Fsp3) is 0.167. The smallest absolute Gasteiger partial charge is 0.192 e. The molecule has 0 aliphatic rings. The zero-order chi connectivity index (χ0) is 12.3. The molecule has 0 amide bonds. The standard InChI is InChI=1S/C12H11FN2OS/c1-8(16)11-9(13)4-2-5-10(11)17-12-14-6-3-7-15-12/h2-8,16H,1H3. The second-order valence-electron chi connectivity index (χ2n) is 3.46. The Labute approximate surface area is 103 Å². The predicted molar refractivity (Wildman–Crippen MR) is 63.2 cm³/mol. The van der Waals surface area contributed by atoms with Crippen LogP contribution in [-0.2, 0) is 0 Å². The highest BCUT2D eigenvalue weighted by molar-refractivity contribution is 7.99. The average Bonchev–Trinajstić information content (AvgIpc) is 2.30. The second kappa shape index (κ2) is 5.25. The molecule has 0 bridgehead atoms. The topological polar surface area (TPSA) is 46.0 Å². The molecular formula is C12H11FN2OS. The molecule has 1 aromatic carbocycles. The van der Waals surface area contributed by atoms with Crippen LogP contribution in [0.1, 0.15) is 18.6 Å². The highest BCUT2D eigenvalue weighted by Gasteiger charge is 2.14. The third kappa shape index (κ3) is 2.81. The van der Waals surface area contributed by atoms with E-state index < -0.39 is 11.9 Å². The summed E-state index contributed by atoms with van der Waals surface area (Å²) in [6.07, 6.45) is 2.38. The van der Waals surface area contributed by atoms with Crippen molar-refractivity contribution in [3.05, 3.63) is 48.0 Å². The average molecular weight is 250 g/mol. The number of rotatable bonds is 3. The second-order valence-corrected chi connectivity index (χ2v) is 4.47. The van der Waals surface area contributed by atoms with Gasteiger partial charge in [-0.05, 0) is 36.9 Å². The minimum Gasteiger partial charge on any atom is -0.389 e. The van der Waals surface area contributed by atoms with Crippen molar-refractivity contribution in [2.24, 2.45) is 0 Å². The third-order valence-corrected chi connectivity index (χ3v) is 3.14. The molecular weight excluding hydrogens is 239 g/mol. The van der Waals surface area contributed by atoms with Crippen LogP contribution >= 0.6 is 11.8 Å². The summed E-state index contributed by atoms with van der Waals surface area (Å²) in [6.45, 7) is 1.54. The third-order valence-electron chi connectivity index (χ3n) is 2.17. The van der Waals surface area contributed by atoms with Gasteiger partial charge in [0.05, 0.1) is 6.10 Å². The van der Waals surface area contributed by atoms with E-state index in [0.29, 0.717) is 10.1 Å². The van der Waals surface area contributed by atoms with Gasteiger partial charge in [-0.3, -0.25) is 0 Å². The summed E-state index contributed by atoms with van der Waals surface area (Å²) in [5, 5.41) is 10.1. The first kappa shape index (κ1) is 12.0.